The zero-order valence-electron chi connectivity index (χ0n) is 11.6. The van der Waals surface area contributed by atoms with E-state index in [0.717, 1.165) is 17.1 Å². The van der Waals surface area contributed by atoms with E-state index in [4.69, 9.17) is 14.4 Å². The Morgan fingerprint density at radius 2 is 2.20 bits per heavy atom. The average molecular weight is 294 g/mol. The fraction of sp³-hybridized carbons (Fsp3) is 0.429. The Morgan fingerprint density at radius 1 is 1.40 bits per heavy atom. The standard InChI is InChI=1S/C14H18N2O3S/c1-10(7-17)8-20-9-13-15-14(16-19-13)11-5-3-4-6-12(11)18-2/h3-6,10,17H,7-9H2,1-2H3. The number of rotatable bonds is 7. The molecule has 1 aromatic heterocycles. The monoisotopic (exact) mass is 294 g/mol. The largest absolute Gasteiger partial charge is 0.496 e. The highest BCUT2D eigenvalue weighted by atomic mass is 32.2. The van der Waals surface area contributed by atoms with Gasteiger partial charge in [-0.15, -0.1) is 0 Å². The van der Waals surface area contributed by atoms with Gasteiger partial charge in [-0.2, -0.15) is 16.7 Å². The fourth-order valence-corrected chi connectivity index (χ4v) is 2.57. The molecule has 1 N–H and O–H groups in total. The molecule has 0 aliphatic rings. The summed E-state index contributed by atoms with van der Waals surface area (Å²) in [4.78, 5) is 4.37. The number of para-hydroxylation sites is 1. The van der Waals surface area contributed by atoms with Crippen LogP contribution in [0.5, 0.6) is 5.75 Å². The molecule has 0 fully saturated rings. The van der Waals surface area contributed by atoms with Crippen molar-refractivity contribution in [1.29, 1.82) is 0 Å². The number of aliphatic hydroxyl groups excluding tert-OH is 1. The number of aromatic nitrogens is 2. The molecule has 0 saturated heterocycles. The van der Waals surface area contributed by atoms with E-state index < -0.39 is 0 Å². The van der Waals surface area contributed by atoms with Gasteiger partial charge in [0.15, 0.2) is 0 Å². The summed E-state index contributed by atoms with van der Waals surface area (Å²) < 4.78 is 10.5. The van der Waals surface area contributed by atoms with E-state index >= 15 is 0 Å². The molecule has 0 amide bonds. The summed E-state index contributed by atoms with van der Waals surface area (Å²) in [6, 6.07) is 7.57. The van der Waals surface area contributed by atoms with E-state index in [2.05, 4.69) is 10.1 Å². The summed E-state index contributed by atoms with van der Waals surface area (Å²) in [6.07, 6.45) is 0. The lowest BCUT2D eigenvalue weighted by atomic mass is 10.2. The second-order valence-electron chi connectivity index (χ2n) is 4.51. The molecule has 5 nitrogen and oxygen atoms in total. The third-order valence-electron chi connectivity index (χ3n) is 2.76. The Balaban J connectivity index is 2.01. The van der Waals surface area contributed by atoms with E-state index in [9.17, 15) is 0 Å². The summed E-state index contributed by atoms with van der Waals surface area (Å²) in [5.74, 6) is 3.63. The van der Waals surface area contributed by atoms with Crippen molar-refractivity contribution in [1.82, 2.24) is 10.1 Å². The normalized spacial score (nSPS) is 12.3. The van der Waals surface area contributed by atoms with Crippen molar-refractivity contribution in [2.45, 2.75) is 12.7 Å². The van der Waals surface area contributed by atoms with Crippen LogP contribution >= 0.6 is 11.8 Å². The first kappa shape index (κ1) is 14.9. The maximum Gasteiger partial charge on any atom is 0.236 e. The number of hydrogen-bond acceptors (Lipinski definition) is 6. The molecule has 0 spiro atoms. The number of hydrogen-bond donors (Lipinski definition) is 1. The molecular formula is C14H18N2O3S. The molecule has 1 aromatic carbocycles. The topological polar surface area (TPSA) is 68.4 Å². The second-order valence-corrected chi connectivity index (χ2v) is 5.55. The van der Waals surface area contributed by atoms with Crippen LogP contribution in [0.4, 0.5) is 0 Å². The quantitative estimate of drug-likeness (QED) is 0.846. The lowest BCUT2D eigenvalue weighted by molar-refractivity contribution is 0.250. The first-order valence-corrected chi connectivity index (χ1v) is 7.54. The van der Waals surface area contributed by atoms with Crippen molar-refractivity contribution in [2.75, 3.05) is 19.5 Å². The van der Waals surface area contributed by atoms with Crippen molar-refractivity contribution < 1.29 is 14.4 Å². The number of benzene rings is 1. The fourth-order valence-electron chi connectivity index (χ4n) is 1.65. The van der Waals surface area contributed by atoms with Crippen LogP contribution in [0, 0.1) is 5.92 Å². The van der Waals surface area contributed by atoms with Crippen LogP contribution in [0.15, 0.2) is 28.8 Å². The number of methoxy groups -OCH3 is 1. The summed E-state index contributed by atoms with van der Waals surface area (Å²) in [6.45, 7) is 2.20. The van der Waals surface area contributed by atoms with Crippen molar-refractivity contribution >= 4 is 11.8 Å². The van der Waals surface area contributed by atoms with E-state index in [1.807, 2.05) is 31.2 Å². The molecule has 0 saturated carbocycles. The van der Waals surface area contributed by atoms with Gasteiger partial charge in [0.05, 0.1) is 18.4 Å². The van der Waals surface area contributed by atoms with Gasteiger partial charge in [-0.3, -0.25) is 0 Å². The van der Waals surface area contributed by atoms with Crippen LogP contribution in [0.2, 0.25) is 0 Å². The first-order valence-electron chi connectivity index (χ1n) is 6.39. The minimum atomic E-state index is 0.198. The summed E-state index contributed by atoms with van der Waals surface area (Å²) in [5, 5.41) is 12.9. The van der Waals surface area contributed by atoms with Crippen LogP contribution < -0.4 is 4.74 Å². The van der Waals surface area contributed by atoms with Crippen LogP contribution in [-0.4, -0.2) is 34.7 Å². The first-order chi connectivity index (χ1) is 9.74. The van der Waals surface area contributed by atoms with Crippen molar-refractivity contribution in [3.05, 3.63) is 30.2 Å². The molecule has 6 heteroatoms. The molecule has 1 heterocycles. The molecule has 0 bridgehead atoms. The Hall–Kier alpha value is -1.53. The minimum Gasteiger partial charge on any atom is -0.496 e. The Labute approximate surface area is 122 Å². The van der Waals surface area contributed by atoms with Gasteiger partial charge < -0.3 is 14.4 Å². The molecule has 2 aromatic rings. The molecule has 0 radical (unpaired) electrons. The molecule has 2 rings (SSSR count). The number of thioether (sulfide) groups is 1. The highest BCUT2D eigenvalue weighted by Gasteiger charge is 2.13. The lowest BCUT2D eigenvalue weighted by Gasteiger charge is -2.04. The predicted molar refractivity (Wildman–Crippen MR) is 78.7 cm³/mol. The van der Waals surface area contributed by atoms with Gasteiger partial charge in [0.25, 0.3) is 0 Å². The van der Waals surface area contributed by atoms with Crippen LogP contribution in [-0.2, 0) is 5.75 Å². The minimum absolute atomic E-state index is 0.198. The third-order valence-corrected chi connectivity index (χ3v) is 4.01. The van der Waals surface area contributed by atoms with E-state index in [-0.39, 0.29) is 12.5 Å². The zero-order chi connectivity index (χ0) is 14.4. The Morgan fingerprint density at radius 3 is 2.95 bits per heavy atom. The second kappa shape index (κ2) is 7.31. The Bertz CT molecular complexity index is 545. The van der Waals surface area contributed by atoms with E-state index in [0.29, 0.717) is 17.5 Å². The molecular weight excluding hydrogens is 276 g/mol. The van der Waals surface area contributed by atoms with Gasteiger partial charge in [0.1, 0.15) is 5.75 Å². The number of nitrogens with zero attached hydrogens (tertiary/aromatic N) is 2. The number of aliphatic hydroxyl groups is 1. The molecule has 1 atom stereocenters. The smallest absolute Gasteiger partial charge is 0.236 e. The van der Waals surface area contributed by atoms with Gasteiger partial charge in [0, 0.05) is 6.61 Å². The van der Waals surface area contributed by atoms with E-state index in [1.54, 1.807) is 18.9 Å². The van der Waals surface area contributed by atoms with Crippen molar-refractivity contribution in [3.8, 4) is 17.1 Å². The van der Waals surface area contributed by atoms with Gasteiger partial charge in [-0.05, 0) is 23.8 Å². The molecule has 0 aliphatic heterocycles. The summed E-state index contributed by atoms with van der Waals surface area (Å²) in [7, 11) is 1.62. The lowest BCUT2D eigenvalue weighted by Crippen LogP contribution is -2.03. The maximum absolute atomic E-state index is 8.96. The summed E-state index contributed by atoms with van der Waals surface area (Å²) >= 11 is 1.67. The number of ether oxygens (including phenoxy) is 1. The summed E-state index contributed by atoms with van der Waals surface area (Å²) in [5.41, 5.74) is 0.818. The molecule has 20 heavy (non-hydrogen) atoms. The predicted octanol–water partition coefficient (Wildman–Crippen LogP) is 2.61. The zero-order valence-corrected chi connectivity index (χ0v) is 12.4. The van der Waals surface area contributed by atoms with Crippen LogP contribution in [0.1, 0.15) is 12.8 Å². The van der Waals surface area contributed by atoms with E-state index in [1.165, 1.54) is 0 Å². The van der Waals surface area contributed by atoms with Crippen LogP contribution in [0.3, 0.4) is 0 Å². The SMILES string of the molecule is COc1ccccc1-c1noc(CSCC(C)CO)n1. The van der Waals surface area contributed by atoms with Crippen molar-refractivity contribution in [2.24, 2.45) is 5.92 Å². The third kappa shape index (κ3) is 3.74. The Kier molecular flexibility index (Phi) is 5.43. The van der Waals surface area contributed by atoms with Gasteiger partial charge >= 0.3 is 0 Å². The van der Waals surface area contributed by atoms with Gasteiger partial charge in [-0.1, -0.05) is 24.2 Å². The highest BCUT2D eigenvalue weighted by Crippen LogP contribution is 2.27. The average Bonchev–Trinajstić information content (AvgIpc) is 2.95. The van der Waals surface area contributed by atoms with Gasteiger partial charge in [0.2, 0.25) is 11.7 Å². The van der Waals surface area contributed by atoms with Crippen molar-refractivity contribution in [3.63, 3.8) is 0 Å². The molecule has 108 valence electrons. The van der Waals surface area contributed by atoms with Gasteiger partial charge in [-0.25, -0.2) is 0 Å². The van der Waals surface area contributed by atoms with Crippen LogP contribution in [0.25, 0.3) is 11.4 Å². The highest BCUT2D eigenvalue weighted by molar-refractivity contribution is 7.98. The molecule has 1 unspecified atom stereocenters. The maximum atomic E-state index is 8.96. The molecule has 0 aliphatic carbocycles.